The van der Waals surface area contributed by atoms with Gasteiger partial charge in [-0.25, -0.2) is 4.79 Å². The summed E-state index contributed by atoms with van der Waals surface area (Å²) in [6.07, 6.45) is 2.79. The number of hydrogen-bond acceptors (Lipinski definition) is 5. The lowest BCUT2D eigenvalue weighted by atomic mass is 9.97. The van der Waals surface area contributed by atoms with Crippen LogP contribution in [0.2, 0.25) is 0 Å². The number of esters is 1. The van der Waals surface area contributed by atoms with Crippen LogP contribution in [0.3, 0.4) is 0 Å². The first-order valence-electron chi connectivity index (χ1n) is 6.28. The van der Waals surface area contributed by atoms with Crippen molar-refractivity contribution in [2.75, 3.05) is 20.3 Å². The molecule has 0 aromatic carbocycles. The summed E-state index contributed by atoms with van der Waals surface area (Å²) >= 11 is 0. The smallest absolute Gasteiger partial charge is 0.343 e. The molecular formula is C13H18N2O4. The second-order valence-electron chi connectivity index (χ2n) is 4.57. The number of methoxy groups -OCH3 is 1. The predicted octanol–water partition coefficient (Wildman–Crippen LogP) is 0.519. The zero-order valence-corrected chi connectivity index (χ0v) is 10.9. The maximum absolute atomic E-state index is 12.2. The van der Waals surface area contributed by atoms with E-state index in [9.17, 15) is 9.59 Å². The molecule has 1 aromatic heterocycles. The van der Waals surface area contributed by atoms with Gasteiger partial charge in [0.05, 0.1) is 13.3 Å². The fourth-order valence-electron chi connectivity index (χ4n) is 2.29. The van der Waals surface area contributed by atoms with Crippen LogP contribution < -0.4 is 11.3 Å². The Morgan fingerprint density at radius 3 is 2.84 bits per heavy atom. The minimum absolute atomic E-state index is 0.00695. The van der Waals surface area contributed by atoms with Crippen LogP contribution in [-0.2, 0) is 9.47 Å². The number of carbonyl (C=O) groups excluding carboxylic acids is 1. The number of ether oxygens (including phenoxy) is 2. The van der Waals surface area contributed by atoms with Crippen LogP contribution in [0.15, 0.2) is 23.1 Å². The summed E-state index contributed by atoms with van der Waals surface area (Å²) in [5, 5.41) is 0. The van der Waals surface area contributed by atoms with Crippen molar-refractivity contribution >= 4 is 5.97 Å². The van der Waals surface area contributed by atoms with E-state index < -0.39 is 17.7 Å². The molecule has 0 unspecified atom stereocenters. The van der Waals surface area contributed by atoms with E-state index in [1.165, 1.54) is 17.7 Å². The van der Waals surface area contributed by atoms with E-state index in [4.69, 9.17) is 10.5 Å². The summed E-state index contributed by atoms with van der Waals surface area (Å²) in [7, 11) is 1.25. The molecule has 1 saturated heterocycles. The molecule has 6 nitrogen and oxygen atoms in total. The van der Waals surface area contributed by atoms with Gasteiger partial charge in [0, 0.05) is 19.4 Å². The van der Waals surface area contributed by atoms with Crippen molar-refractivity contribution in [3.05, 3.63) is 34.2 Å². The monoisotopic (exact) mass is 266 g/mol. The standard InChI is InChI=1S/C13H18N2O4/c1-18-13(17)10-3-2-6-15(12(10)16)11(14)9-4-7-19-8-5-9/h2-3,6,9,11H,4-5,7-8,14H2,1H3/t11-/m0/s1. The largest absolute Gasteiger partial charge is 0.465 e. The van der Waals surface area contributed by atoms with Gasteiger partial charge < -0.3 is 15.2 Å². The summed E-state index contributed by atoms with van der Waals surface area (Å²) in [6.45, 7) is 1.31. The van der Waals surface area contributed by atoms with Crippen LogP contribution >= 0.6 is 0 Å². The Morgan fingerprint density at radius 2 is 2.21 bits per heavy atom. The summed E-state index contributed by atoms with van der Waals surface area (Å²) in [5.41, 5.74) is 5.73. The number of hydrogen-bond donors (Lipinski definition) is 1. The average molecular weight is 266 g/mol. The SMILES string of the molecule is COC(=O)c1cccn([C@H](N)C2CCOCC2)c1=O. The maximum atomic E-state index is 12.2. The number of nitrogens with two attached hydrogens (primary N) is 1. The molecule has 1 atom stereocenters. The lowest BCUT2D eigenvalue weighted by molar-refractivity contribution is 0.0485. The minimum Gasteiger partial charge on any atom is -0.465 e. The Bertz CT molecular complexity index is 506. The number of pyridine rings is 1. The normalized spacial score (nSPS) is 18.0. The molecule has 1 aromatic rings. The molecule has 1 aliphatic rings. The Morgan fingerprint density at radius 1 is 1.53 bits per heavy atom. The van der Waals surface area contributed by atoms with Crippen LogP contribution in [-0.4, -0.2) is 30.9 Å². The number of rotatable bonds is 3. The summed E-state index contributed by atoms with van der Waals surface area (Å²) in [6, 6.07) is 3.08. The Kier molecular flexibility index (Phi) is 4.34. The third kappa shape index (κ3) is 2.85. The van der Waals surface area contributed by atoms with E-state index in [-0.39, 0.29) is 11.5 Å². The van der Waals surface area contributed by atoms with E-state index in [0.717, 1.165) is 12.8 Å². The Hall–Kier alpha value is -1.66. The molecule has 0 spiro atoms. The van der Waals surface area contributed by atoms with Gasteiger partial charge in [0.25, 0.3) is 5.56 Å². The van der Waals surface area contributed by atoms with E-state index in [0.29, 0.717) is 13.2 Å². The molecule has 1 fully saturated rings. The van der Waals surface area contributed by atoms with Gasteiger partial charge in [-0.05, 0) is 30.9 Å². The fourth-order valence-corrected chi connectivity index (χ4v) is 2.29. The molecular weight excluding hydrogens is 248 g/mol. The van der Waals surface area contributed by atoms with Gasteiger partial charge in [-0.3, -0.25) is 9.36 Å². The van der Waals surface area contributed by atoms with Crippen molar-refractivity contribution in [3.63, 3.8) is 0 Å². The zero-order chi connectivity index (χ0) is 13.8. The molecule has 0 saturated carbocycles. The highest BCUT2D eigenvalue weighted by Gasteiger charge is 2.24. The van der Waals surface area contributed by atoms with Gasteiger partial charge in [0.1, 0.15) is 5.56 Å². The number of carbonyl (C=O) groups is 1. The van der Waals surface area contributed by atoms with Crippen molar-refractivity contribution < 1.29 is 14.3 Å². The summed E-state index contributed by atoms with van der Waals surface area (Å²) in [5.74, 6) is -0.460. The molecule has 0 bridgehead atoms. The second kappa shape index (κ2) is 5.99. The summed E-state index contributed by atoms with van der Waals surface area (Å²) < 4.78 is 11.3. The van der Waals surface area contributed by atoms with E-state index in [1.54, 1.807) is 12.3 Å². The lowest BCUT2D eigenvalue weighted by Crippen LogP contribution is -2.39. The number of aromatic nitrogens is 1. The van der Waals surface area contributed by atoms with Crippen LogP contribution in [0.4, 0.5) is 0 Å². The van der Waals surface area contributed by atoms with Gasteiger partial charge in [0.15, 0.2) is 0 Å². The molecule has 0 aliphatic carbocycles. The van der Waals surface area contributed by atoms with Gasteiger partial charge in [-0.15, -0.1) is 0 Å². The molecule has 19 heavy (non-hydrogen) atoms. The quantitative estimate of drug-likeness (QED) is 0.806. The highest BCUT2D eigenvalue weighted by atomic mass is 16.5. The van der Waals surface area contributed by atoms with Crippen LogP contribution in [0.25, 0.3) is 0 Å². The van der Waals surface area contributed by atoms with Crippen molar-refractivity contribution in [2.24, 2.45) is 11.7 Å². The van der Waals surface area contributed by atoms with Crippen LogP contribution in [0, 0.1) is 5.92 Å². The topological polar surface area (TPSA) is 83.6 Å². The molecule has 6 heteroatoms. The second-order valence-corrected chi connectivity index (χ2v) is 4.57. The fraction of sp³-hybridized carbons (Fsp3) is 0.538. The first kappa shape index (κ1) is 13.8. The van der Waals surface area contributed by atoms with Gasteiger partial charge in [0.2, 0.25) is 0 Å². The molecule has 0 radical (unpaired) electrons. The Balaban J connectivity index is 2.29. The van der Waals surface area contributed by atoms with Gasteiger partial charge in [-0.2, -0.15) is 0 Å². The first-order valence-corrected chi connectivity index (χ1v) is 6.28. The van der Waals surface area contributed by atoms with Gasteiger partial charge in [-0.1, -0.05) is 0 Å². The zero-order valence-electron chi connectivity index (χ0n) is 10.9. The third-order valence-electron chi connectivity index (χ3n) is 3.45. The molecule has 2 heterocycles. The molecule has 0 amide bonds. The Labute approximate surface area is 111 Å². The van der Waals surface area contributed by atoms with Crippen molar-refractivity contribution in [1.82, 2.24) is 4.57 Å². The van der Waals surface area contributed by atoms with E-state index >= 15 is 0 Å². The lowest BCUT2D eigenvalue weighted by Gasteiger charge is -2.28. The third-order valence-corrected chi connectivity index (χ3v) is 3.45. The predicted molar refractivity (Wildman–Crippen MR) is 68.8 cm³/mol. The molecule has 2 rings (SSSR count). The molecule has 1 aliphatic heterocycles. The van der Waals surface area contributed by atoms with Crippen molar-refractivity contribution in [1.29, 1.82) is 0 Å². The maximum Gasteiger partial charge on any atom is 0.343 e. The van der Waals surface area contributed by atoms with Crippen molar-refractivity contribution in [2.45, 2.75) is 19.0 Å². The summed E-state index contributed by atoms with van der Waals surface area (Å²) in [4.78, 5) is 23.7. The minimum atomic E-state index is -0.640. The van der Waals surface area contributed by atoms with E-state index in [2.05, 4.69) is 4.74 Å². The van der Waals surface area contributed by atoms with Crippen LogP contribution in [0.1, 0.15) is 29.4 Å². The first-order chi connectivity index (χ1) is 9.15. The van der Waals surface area contributed by atoms with Crippen molar-refractivity contribution in [3.8, 4) is 0 Å². The highest BCUT2D eigenvalue weighted by molar-refractivity contribution is 5.88. The van der Waals surface area contributed by atoms with Gasteiger partial charge >= 0.3 is 5.97 Å². The average Bonchev–Trinajstić information content (AvgIpc) is 2.47. The molecule has 2 N–H and O–H groups in total. The molecule has 104 valence electrons. The van der Waals surface area contributed by atoms with E-state index in [1.807, 2.05) is 0 Å². The highest BCUT2D eigenvalue weighted by Crippen LogP contribution is 2.22. The number of nitrogens with zero attached hydrogens (tertiary/aromatic N) is 1. The van der Waals surface area contributed by atoms with Crippen LogP contribution in [0.5, 0.6) is 0 Å².